The number of anilines is 1. The first kappa shape index (κ1) is 10.6. The van der Waals surface area contributed by atoms with Crippen molar-refractivity contribution in [2.75, 3.05) is 11.9 Å². The van der Waals surface area contributed by atoms with Crippen LogP contribution in [0.3, 0.4) is 0 Å². The first-order chi connectivity index (χ1) is 7.34. The Kier molecular flexibility index (Phi) is 3.69. The molecule has 1 N–H and O–H groups in total. The van der Waals surface area contributed by atoms with Crippen LogP contribution in [0.25, 0.3) is 0 Å². The Hall–Kier alpha value is -0.940. The summed E-state index contributed by atoms with van der Waals surface area (Å²) in [4.78, 5) is 8.30. The third-order valence-electron chi connectivity index (χ3n) is 1.90. The van der Waals surface area contributed by atoms with Crippen LogP contribution in [-0.4, -0.2) is 16.5 Å². The molecule has 78 valence electrons. The molecule has 0 saturated heterocycles. The highest BCUT2D eigenvalue weighted by Gasteiger charge is 1.96. The van der Waals surface area contributed by atoms with Gasteiger partial charge < -0.3 is 5.32 Å². The molecule has 0 amide bonds. The summed E-state index contributed by atoms with van der Waals surface area (Å²) in [6.07, 6.45) is 4.52. The van der Waals surface area contributed by atoms with E-state index in [1.165, 1.54) is 0 Å². The molecule has 0 radical (unpaired) electrons. The minimum Gasteiger partial charge on any atom is -0.383 e. The lowest BCUT2D eigenvalue weighted by Gasteiger charge is -2.04. The van der Waals surface area contributed by atoms with Gasteiger partial charge in [0.1, 0.15) is 0 Å². The largest absolute Gasteiger partial charge is 0.383 e. The van der Waals surface area contributed by atoms with Crippen molar-refractivity contribution in [3.63, 3.8) is 0 Å². The number of hydrogen-bond acceptors (Lipinski definition) is 4. The molecule has 0 fully saturated rings. The fourth-order valence-corrected chi connectivity index (χ4v) is 2.16. The molecule has 0 saturated carbocycles. The van der Waals surface area contributed by atoms with Crippen LogP contribution in [0.5, 0.6) is 0 Å². The van der Waals surface area contributed by atoms with E-state index in [4.69, 9.17) is 0 Å². The van der Waals surface area contributed by atoms with Crippen molar-refractivity contribution in [1.82, 2.24) is 9.97 Å². The minimum atomic E-state index is 0.877. The van der Waals surface area contributed by atoms with Crippen molar-refractivity contribution in [2.24, 2.45) is 0 Å². The number of thiazole rings is 1. The molecule has 0 aliphatic carbocycles. The van der Waals surface area contributed by atoms with Crippen molar-refractivity contribution in [3.8, 4) is 0 Å². The first-order valence-electron chi connectivity index (χ1n) is 4.56. The monoisotopic (exact) mass is 283 g/mol. The Balaban J connectivity index is 1.83. The number of nitrogens with one attached hydrogen (secondary N) is 1. The molecule has 2 heterocycles. The zero-order chi connectivity index (χ0) is 10.5. The highest BCUT2D eigenvalue weighted by molar-refractivity contribution is 9.10. The molecule has 0 atom stereocenters. The van der Waals surface area contributed by atoms with Crippen molar-refractivity contribution < 1.29 is 0 Å². The van der Waals surface area contributed by atoms with Gasteiger partial charge in [-0.15, -0.1) is 11.3 Å². The predicted octanol–water partition coefficient (Wildman–Crippen LogP) is 2.96. The van der Waals surface area contributed by atoms with Crippen LogP contribution < -0.4 is 5.32 Å². The van der Waals surface area contributed by atoms with Crippen LogP contribution >= 0.6 is 27.3 Å². The lowest BCUT2D eigenvalue weighted by Crippen LogP contribution is -2.05. The average Bonchev–Trinajstić information content (AvgIpc) is 2.71. The summed E-state index contributed by atoms with van der Waals surface area (Å²) in [6.45, 7) is 0.877. The van der Waals surface area contributed by atoms with Gasteiger partial charge in [0.05, 0.1) is 23.1 Å². The number of aromatic nitrogens is 2. The molecule has 0 aliphatic heterocycles. The number of nitrogens with zero attached hydrogens (tertiary/aromatic N) is 2. The summed E-state index contributed by atoms with van der Waals surface area (Å²) in [7, 11) is 0. The SMILES string of the molecule is Brc1cncc(NCCc2cscn2)c1. The van der Waals surface area contributed by atoms with Crippen molar-refractivity contribution >= 4 is 33.0 Å². The number of hydrogen-bond donors (Lipinski definition) is 1. The summed E-state index contributed by atoms with van der Waals surface area (Å²) in [5, 5.41) is 5.37. The molecule has 2 rings (SSSR count). The highest BCUT2D eigenvalue weighted by atomic mass is 79.9. The quantitative estimate of drug-likeness (QED) is 0.938. The van der Waals surface area contributed by atoms with Gasteiger partial charge in [-0.2, -0.15) is 0 Å². The second kappa shape index (κ2) is 5.23. The molecule has 0 aromatic carbocycles. The van der Waals surface area contributed by atoms with Crippen molar-refractivity contribution in [1.29, 1.82) is 0 Å². The summed E-state index contributed by atoms with van der Waals surface area (Å²) in [6, 6.07) is 2.01. The maximum absolute atomic E-state index is 4.22. The highest BCUT2D eigenvalue weighted by Crippen LogP contribution is 2.13. The molecule has 0 unspecified atom stereocenters. The predicted molar refractivity (Wildman–Crippen MR) is 66.2 cm³/mol. The lowest BCUT2D eigenvalue weighted by atomic mass is 10.3. The van der Waals surface area contributed by atoms with Gasteiger partial charge in [0.2, 0.25) is 0 Å². The second-order valence-corrected chi connectivity index (χ2v) is 4.68. The van der Waals surface area contributed by atoms with E-state index in [0.29, 0.717) is 0 Å². The molecular formula is C10H10BrN3S. The zero-order valence-electron chi connectivity index (χ0n) is 7.98. The van der Waals surface area contributed by atoms with Gasteiger partial charge in [0.15, 0.2) is 0 Å². The van der Waals surface area contributed by atoms with Gasteiger partial charge >= 0.3 is 0 Å². The maximum Gasteiger partial charge on any atom is 0.0794 e. The Morgan fingerprint density at radius 2 is 2.33 bits per heavy atom. The Labute approximate surface area is 101 Å². The molecule has 5 heteroatoms. The molecule has 15 heavy (non-hydrogen) atoms. The smallest absolute Gasteiger partial charge is 0.0794 e. The number of halogens is 1. The van der Waals surface area contributed by atoms with Crippen LogP contribution in [0.4, 0.5) is 5.69 Å². The fraction of sp³-hybridized carbons (Fsp3) is 0.200. The third kappa shape index (κ3) is 3.28. The molecule has 0 bridgehead atoms. The van der Waals surface area contributed by atoms with E-state index in [0.717, 1.165) is 28.8 Å². The molecule has 3 nitrogen and oxygen atoms in total. The van der Waals surface area contributed by atoms with E-state index in [1.54, 1.807) is 17.5 Å². The summed E-state index contributed by atoms with van der Waals surface area (Å²) >= 11 is 5.01. The Morgan fingerprint density at radius 1 is 1.40 bits per heavy atom. The van der Waals surface area contributed by atoms with Gasteiger partial charge in [-0.1, -0.05) is 0 Å². The second-order valence-electron chi connectivity index (χ2n) is 3.05. The van der Waals surface area contributed by atoms with Gasteiger partial charge in [-0.3, -0.25) is 4.98 Å². The van der Waals surface area contributed by atoms with Crippen molar-refractivity contribution in [3.05, 3.63) is 39.5 Å². The van der Waals surface area contributed by atoms with E-state index >= 15 is 0 Å². The molecule has 2 aromatic rings. The number of rotatable bonds is 4. The molecule has 2 aromatic heterocycles. The molecule has 0 spiro atoms. The first-order valence-corrected chi connectivity index (χ1v) is 6.29. The third-order valence-corrected chi connectivity index (χ3v) is 2.97. The summed E-state index contributed by atoms with van der Waals surface area (Å²) in [5.41, 5.74) is 4.02. The van der Waals surface area contributed by atoms with E-state index in [-0.39, 0.29) is 0 Å². The van der Waals surface area contributed by atoms with Gasteiger partial charge in [0.25, 0.3) is 0 Å². The minimum absolute atomic E-state index is 0.877. The lowest BCUT2D eigenvalue weighted by molar-refractivity contribution is 0.975. The summed E-state index contributed by atoms with van der Waals surface area (Å²) in [5.74, 6) is 0. The topological polar surface area (TPSA) is 37.8 Å². The standard InChI is InChI=1S/C10H10BrN3S/c11-8-3-10(5-12-4-8)13-2-1-9-6-15-7-14-9/h3-7,13H,1-2H2. The van der Waals surface area contributed by atoms with Crippen LogP contribution in [0, 0.1) is 0 Å². The van der Waals surface area contributed by atoms with E-state index in [1.807, 2.05) is 17.8 Å². The fourth-order valence-electron chi connectivity index (χ4n) is 1.20. The van der Waals surface area contributed by atoms with E-state index in [2.05, 4.69) is 36.6 Å². The van der Waals surface area contributed by atoms with Gasteiger partial charge in [-0.25, -0.2) is 4.98 Å². The van der Waals surface area contributed by atoms with Crippen LogP contribution in [0.15, 0.2) is 33.8 Å². The molecule has 0 aliphatic rings. The Morgan fingerprint density at radius 3 is 3.07 bits per heavy atom. The van der Waals surface area contributed by atoms with Crippen LogP contribution in [0.2, 0.25) is 0 Å². The van der Waals surface area contributed by atoms with E-state index in [9.17, 15) is 0 Å². The van der Waals surface area contributed by atoms with Crippen LogP contribution in [-0.2, 0) is 6.42 Å². The van der Waals surface area contributed by atoms with Crippen molar-refractivity contribution in [2.45, 2.75) is 6.42 Å². The van der Waals surface area contributed by atoms with E-state index < -0.39 is 0 Å². The Bertz CT molecular complexity index is 416. The van der Waals surface area contributed by atoms with Crippen LogP contribution in [0.1, 0.15) is 5.69 Å². The van der Waals surface area contributed by atoms with Gasteiger partial charge in [0, 0.05) is 29.0 Å². The van der Waals surface area contributed by atoms with Gasteiger partial charge in [-0.05, 0) is 22.0 Å². The summed E-state index contributed by atoms with van der Waals surface area (Å²) < 4.78 is 0.987. The number of pyridine rings is 1. The zero-order valence-corrected chi connectivity index (χ0v) is 10.4. The maximum atomic E-state index is 4.22. The molecular weight excluding hydrogens is 274 g/mol. The average molecular weight is 284 g/mol. The normalized spacial score (nSPS) is 10.2.